The van der Waals surface area contributed by atoms with E-state index in [0.29, 0.717) is 0 Å². The van der Waals surface area contributed by atoms with Crippen LogP contribution in [0.15, 0.2) is 53.4 Å². The van der Waals surface area contributed by atoms with E-state index in [1.165, 1.54) is 21.6 Å². The van der Waals surface area contributed by atoms with E-state index in [1.54, 1.807) is 0 Å². The van der Waals surface area contributed by atoms with Gasteiger partial charge in [0.05, 0.1) is 0 Å². The third kappa shape index (κ3) is 3.62. The Morgan fingerprint density at radius 2 is 1.83 bits per heavy atom. The summed E-state index contributed by atoms with van der Waals surface area (Å²) >= 11 is 1.88. The lowest BCUT2D eigenvalue weighted by atomic mass is 10.1. The van der Waals surface area contributed by atoms with E-state index in [9.17, 15) is 0 Å². The van der Waals surface area contributed by atoms with Crippen LogP contribution in [0.2, 0.25) is 0 Å². The average Bonchev–Trinajstić information content (AvgIpc) is 2.41. The number of benzene rings is 2. The Bertz CT molecular complexity index is 494. The highest BCUT2D eigenvalue weighted by atomic mass is 32.2. The summed E-state index contributed by atoms with van der Waals surface area (Å²) in [5, 5.41) is 0. The first-order valence-electron chi connectivity index (χ1n) is 6.26. The monoisotopic (exact) mass is 257 g/mol. The van der Waals surface area contributed by atoms with Gasteiger partial charge >= 0.3 is 0 Å². The maximum Gasteiger partial charge on any atom is 0.0231 e. The van der Waals surface area contributed by atoms with Crippen molar-refractivity contribution in [1.82, 2.24) is 0 Å². The number of aryl methyl sites for hydroxylation is 1. The number of rotatable bonds is 5. The minimum atomic E-state index is 0.720. The third-order valence-corrected chi connectivity index (χ3v) is 4.04. The third-order valence-electron chi connectivity index (χ3n) is 2.98. The lowest BCUT2D eigenvalue weighted by molar-refractivity contribution is 0.954. The van der Waals surface area contributed by atoms with Gasteiger partial charge in [-0.05, 0) is 48.7 Å². The lowest BCUT2D eigenvalue weighted by Gasteiger charge is -2.07. The minimum absolute atomic E-state index is 0.720. The second kappa shape index (κ2) is 6.62. The first-order valence-corrected chi connectivity index (χ1v) is 7.24. The molecule has 2 rings (SSSR count). The molecule has 0 aliphatic heterocycles. The molecule has 0 aromatic heterocycles. The summed E-state index contributed by atoms with van der Waals surface area (Å²) in [6.45, 7) is 2.88. The number of hydrogen-bond donors (Lipinski definition) is 1. The topological polar surface area (TPSA) is 26.0 Å². The summed E-state index contributed by atoms with van der Waals surface area (Å²) in [4.78, 5) is 1.33. The Kier molecular flexibility index (Phi) is 4.85. The molecule has 0 spiro atoms. The fraction of sp³-hybridized carbons (Fsp3) is 0.250. The minimum Gasteiger partial charge on any atom is -0.330 e. The van der Waals surface area contributed by atoms with Gasteiger partial charge in [0.25, 0.3) is 0 Å². The molecule has 1 nitrogen and oxygen atoms in total. The van der Waals surface area contributed by atoms with Gasteiger partial charge in [0.1, 0.15) is 0 Å². The van der Waals surface area contributed by atoms with Gasteiger partial charge in [0.15, 0.2) is 0 Å². The Labute approximate surface area is 113 Å². The molecule has 0 heterocycles. The van der Waals surface area contributed by atoms with E-state index < -0.39 is 0 Å². The van der Waals surface area contributed by atoms with Gasteiger partial charge in [-0.3, -0.25) is 0 Å². The molecule has 0 aliphatic rings. The zero-order chi connectivity index (χ0) is 12.8. The van der Waals surface area contributed by atoms with Gasteiger partial charge < -0.3 is 5.73 Å². The number of thioether (sulfide) groups is 1. The van der Waals surface area contributed by atoms with Crippen molar-refractivity contribution in [2.45, 2.75) is 24.0 Å². The first-order chi connectivity index (χ1) is 8.79. The highest BCUT2D eigenvalue weighted by Gasteiger charge is 2.01. The molecule has 0 fully saturated rings. The van der Waals surface area contributed by atoms with Crippen molar-refractivity contribution in [3.05, 3.63) is 65.2 Å². The van der Waals surface area contributed by atoms with Crippen molar-refractivity contribution in [1.29, 1.82) is 0 Å². The molecule has 0 aliphatic carbocycles. The molecule has 0 unspecified atom stereocenters. The molecule has 2 heteroatoms. The second-order valence-corrected chi connectivity index (χ2v) is 5.45. The summed E-state index contributed by atoms with van der Waals surface area (Å²) in [5.41, 5.74) is 9.67. The van der Waals surface area contributed by atoms with Crippen LogP contribution in [0.3, 0.4) is 0 Å². The molecule has 0 saturated heterocycles. The maximum absolute atomic E-state index is 5.60. The molecule has 0 atom stereocenters. The fourth-order valence-corrected chi connectivity index (χ4v) is 2.89. The summed E-state index contributed by atoms with van der Waals surface area (Å²) in [6.07, 6.45) is 0.968. The highest BCUT2D eigenvalue weighted by Crippen LogP contribution is 2.25. The van der Waals surface area contributed by atoms with Crippen LogP contribution in [0, 0.1) is 6.92 Å². The Hall–Kier alpha value is -1.25. The molecule has 2 N–H and O–H groups in total. The van der Waals surface area contributed by atoms with Crippen molar-refractivity contribution in [2.75, 3.05) is 6.54 Å². The van der Waals surface area contributed by atoms with E-state index in [4.69, 9.17) is 5.73 Å². The zero-order valence-corrected chi connectivity index (χ0v) is 11.5. The van der Waals surface area contributed by atoms with Crippen LogP contribution in [-0.2, 0) is 12.2 Å². The lowest BCUT2D eigenvalue weighted by Crippen LogP contribution is -2.03. The standard InChI is InChI=1S/C16H19NS/c1-13-11-16(8-7-15(13)9-10-17)18-12-14-5-3-2-4-6-14/h2-8,11H,9-10,12,17H2,1H3. The van der Waals surface area contributed by atoms with Crippen LogP contribution in [-0.4, -0.2) is 6.54 Å². The molecule has 0 saturated carbocycles. The van der Waals surface area contributed by atoms with Gasteiger partial charge in [0, 0.05) is 10.6 Å². The van der Waals surface area contributed by atoms with Gasteiger partial charge in [-0.2, -0.15) is 0 Å². The summed E-state index contributed by atoms with van der Waals surface area (Å²) in [6, 6.07) is 17.2. The van der Waals surface area contributed by atoms with E-state index in [-0.39, 0.29) is 0 Å². The molecule has 0 amide bonds. The van der Waals surface area contributed by atoms with Crippen LogP contribution in [0.1, 0.15) is 16.7 Å². The molecule has 2 aromatic carbocycles. The van der Waals surface area contributed by atoms with Crippen molar-refractivity contribution < 1.29 is 0 Å². The van der Waals surface area contributed by atoms with Gasteiger partial charge in [-0.15, -0.1) is 11.8 Å². The normalized spacial score (nSPS) is 10.6. The van der Waals surface area contributed by atoms with Crippen molar-refractivity contribution in [2.24, 2.45) is 5.73 Å². The molecule has 94 valence electrons. The summed E-state index contributed by atoms with van der Waals surface area (Å²) in [5.74, 6) is 1.02. The van der Waals surface area contributed by atoms with Crippen LogP contribution in [0.5, 0.6) is 0 Å². The number of nitrogens with two attached hydrogens (primary N) is 1. The molecule has 2 aromatic rings. The van der Waals surface area contributed by atoms with Crippen molar-refractivity contribution >= 4 is 11.8 Å². The van der Waals surface area contributed by atoms with Gasteiger partial charge in [-0.25, -0.2) is 0 Å². The predicted octanol–water partition coefficient (Wildman–Crippen LogP) is 3.79. The quantitative estimate of drug-likeness (QED) is 0.825. The van der Waals surface area contributed by atoms with E-state index in [0.717, 1.165) is 18.7 Å². The Morgan fingerprint density at radius 1 is 1.06 bits per heavy atom. The smallest absolute Gasteiger partial charge is 0.0231 e. The van der Waals surface area contributed by atoms with Crippen LogP contribution >= 0.6 is 11.8 Å². The van der Waals surface area contributed by atoms with Crippen LogP contribution in [0.4, 0.5) is 0 Å². The average molecular weight is 257 g/mol. The van der Waals surface area contributed by atoms with Gasteiger partial charge in [-0.1, -0.05) is 36.4 Å². The molecular formula is C16H19NS. The van der Waals surface area contributed by atoms with Crippen LogP contribution in [0.25, 0.3) is 0 Å². The zero-order valence-electron chi connectivity index (χ0n) is 10.7. The van der Waals surface area contributed by atoms with Crippen molar-refractivity contribution in [3.8, 4) is 0 Å². The SMILES string of the molecule is Cc1cc(SCc2ccccc2)ccc1CCN. The molecule has 0 radical (unpaired) electrons. The Balaban J connectivity index is 2.00. The van der Waals surface area contributed by atoms with E-state index in [1.807, 2.05) is 11.8 Å². The molecular weight excluding hydrogens is 238 g/mol. The summed E-state index contributed by atoms with van der Waals surface area (Å²) < 4.78 is 0. The second-order valence-electron chi connectivity index (χ2n) is 4.40. The van der Waals surface area contributed by atoms with E-state index >= 15 is 0 Å². The predicted molar refractivity (Wildman–Crippen MR) is 79.9 cm³/mol. The van der Waals surface area contributed by atoms with Gasteiger partial charge in [0.2, 0.25) is 0 Å². The molecule has 0 bridgehead atoms. The maximum atomic E-state index is 5.60. The van der Waals surface area contributed by atoms with Crippen LogP contribution < -0.4 is 5.73 Å². The fourth-order valence-electron chi connectivity index (χ4n) is 1.94. The largest absolute Gasteiger partial charge is 0.330 e. The van der Waals surface area contributed by atoms with E-state index in [2.05, 4.69) is 55.5 Å². The Morgan fingerprint density at radius 3 is 2.50 bits per heavy atom. The summed E-state index contributed by atoms with van der Waals surface area (Å²) in [7, 11) is 0. The number of hydrogen-bond acceptors (Lipinski definition) is 2. The van der Waals surface area contributed by atoms with Crippen molar-refractivity contribution in [3.63, 3.8) is 0 Å². The first kappa shape index (κ1) is 13.2. The molecule has 18 heavy (non-hydrogen) atoms. The highest BCUT2D eigenvalue weighted by molar-refractivity contribution is 7.98.